The lowest BCUT2D eigenvalue weighted by atomic mass is 10.1. The van der Waals surface area contributed by atoms with Crippen LogP contribution in [0.5, 0.6) is 0 Å². The Morgan fingerprint density at radius 3 is 2.70 bits per heavy atom. The van der Waals surface area contributed by atoms with Crippen molar-refractivity contribution in [1.82, 2.24) is 5.43 Å². The number of anilines is 2. The van der Waals surface area contributed by atoms with Gasteiger partial charge in [0.1, 0.15) is 11.1 Å². The van der Waals surface area contributed by atoms with Gasteiger partial charge in [0.15, 0.2) is 0 Å². The molecule has 0 aliphatic carbocycles. The van der Waals surface area contributed by atoms with E-state index in [1.165, 1.54) is 30.0 Å². The van der Waals surface area contributed by atoms with Gasteiger partial charge in [-0.3, -0.25) is 4.79 Å². The van der Waals surface area contributed by atoms with Crippen molar-refractivity contribution in [3.63, 3.8) is 0 Å². The number of rotatable bonds is 4. The summed E-state index contributed by atoms with van der Waals surface area (Å²) >= 11 is 19.4. The maximum Gasteiger partial charge on any atom is 0.260 e. The van der Waals surface area contributed by atoms with Crippen LogP contribution in [0.1, 0.15) is 22.3 Å². The topological polar surface area (TPSA) is 78.5 Å². The summed E-state index contributed by atoms with van der Waals surface area (Å²) in [6.07, 6.45) is 0.221. The van der Waals surface area contributed by atoms with E-state index in [0.717, 1.165) is 16.0 Å². The van der Waals surface area contributed by atoms with Crippen LogP contribution in [0, 0.1) is 5.82 Å². The molecule has 3 unspecified atom stereocenters. The quantitative estimate of drug-likeness (QED) is 0.591. The third-order valence-corrected chi connectivity index (χ3v) is 9.67. The zero-order valence-corrected chi connectivity index (χ0v) is 19.0. The number of hydrazine groups is 1. The number of hydrogen-bond donors (Lipinski definition) is 2. The average Bonchev–Trinajstić information content (AvgIpc) is 3.24. The fourth-order valence-electron chi connectivity index (χ4n) is 3.32. The molecule has 160 valence electrons. The van der Waals surface area contributed by atoms with Crippen molar-refractivity contribution in [3.8, 4) is 0 Å². The lowest BCUT2D eigenvalue weighted by molar-refractivity contribution is 0.102. The molecule has 2 heterocycles. The van der Waals surface area contributed by atoms with E-state index in [-0.39, 0.29) is 21.7 Å². The summed E-state index contributed by atoms with van der Waals surface area (Å²) in [5, 5.41) is 1.68. The van der Waals surface area contributed by atoms with Gasteiger partial charge >= 0.3 is 0 Å². The van der Waals surface area contributed by atoms with Gasteiger partial charge in [0.2, 0.25) is 0 Å². The van der Waals surface area contributed by atoms with Gasteiger partial charge in [0.05, 0.1) is 25.7 Å². The molecule has 0 saturated carbocycles. The molecule has 3 atom stereocenters. The number of carbonyl (C=O) groups excluding carboxylic acids is 1. The van der Waals surface area contributed by atoms with Crippen molar-refractivity contribution in [3.05, 3.63) is 58.4 Å². The summed E-state index contributed by atoms with van der Waals surface area (Å²) in [6, 6.07) is 8.73. The highest BCUT2D eigenvalue weighted by molar-refractivity contribution is 8.05. The van der Waals surface area contributed by atoms with Crippen LogP contribution in [0.15, 0.2) is 36.4 Å². The minimum atomic E-state index is -3.85. The van der Waals surface area contributed by atoms with E-state index in [1.807, 2.05) is 0 Å². The molecule has 2 aromatic carbocycles. The maximum atomic E-state index is 14.0. The van der Waals surface area contributed by atoms with E-state index in [9.17, 15) is 17.6 Å². The SMILES string of the molecule is O=C(Nc1ccc2c(c1)N(S(=O)(=O)C1CC(Cl)SC1Cl)NC2)c1c(F)cccc1Cl. The number of carbonyl (C=O) groups is 1. The van der Waals surface area contributed by atoms with Crippen molar-refractivity contribution in [1.29, 1.82) is 0 Å². The first-order chi connectivity index (χ1) is 14.2. The monoisotopic (exact) mass is 509 g/mol. The van der Waals surface area contributed by atoms with Gasteiger partial charge in [-0.2, -0.15) is 0 Å². The van der Waals surface area contributed by atoms with Gasteiger partial charge in [-0.25, -0.2) is 22.6 Å². The summed E-state index contributed by atoms with van der Waals surface area (Å²) in [7, 11) is -3.85. The number of fused-ring (bicyclic) bond motifs is 1. The minimum Gasteiger partial charge on any atom is -0.322 e. The van der Waals surface area contributed by atoms with Crippen LogP contribution in [0.4, 0.5) is 15.8 Å². The Labute approximate surface area is 192 Å². The molecule has 6 nitrogen and oxygen atoms in total. The van der Waals surface area contributed by atoms with E-state index in [0.29, 0.717) is 17.9 Å². The number of benzene rings is 2. The van der Waals surface area contributed by atoms with Crippen LogP contribution in [-0.4, -0.2) is 29.0 Å². The highest BCUT2D eigenvalue weighted by atomic mass is 35.5. The summed E-state index contributed by atoms with van der Waals surface area (Å²) in [5.74, 6) is -1.49. The van der Waals surface area contributed by atoms with Crippen LogP contribution in [0.25, 0.3) is 0 Å². The Hall–Kier alpha value is -1.23. The summed E-state index contributed by atoms with van der Waals surface area (Å²) in [6.45, 7) is 0.291. The molecular weight excluding hydrogens is 496 g/mol. The van der Waals surface area contributed by atoms with Crippen molar-refractivity contribution in [2.75, 3.05) is 9.73 Å². The normalized spacial score (nSPS) is 23.5. The standard InChI is InChI=1S/C18H15Cl3FN3O3S2/c19-11-2-1-3-12(22)16(11)18(26)24-10-5-4-9-8-23-25(13(9)6-10)30(27,28)14-7-15(20)29-17(14)21/h1-6,14-15,17,23H,7-8H2,(H,24,26). The first-order valence-corrected chi connectivity index (χ1v) is 12.5. The van der Waals surface area contributed by atoms with Gasteiger partial charge in [-0.05, 0) is 36.2 Å². The van der Waals surface area contributed by atoms with Gasteiger partial charge in [0.25, 0.3) is 15.9 Å². The zero-order valence-electron chi connectivity index (χ0n) is 15.1. The summed E-state index contributed by atoms with van der Waals surface area (Å²) in [4.78, 5) is 12.5. The second kappa shape index (κ2) is 8.37. The first-order valence-electron chi connectivity index (χ1n) is 8.78. The molecule has 4 rings (SSSR count). The van der Waals surface area contributed by atoms with Crippen molar-refractivity contribution in [2.45, 2.75) is 27.6 Å². The highest BCUT2D eigenvalue weighted by Gasteiger charge is 2.46. The average molecular weight is 511 g/mol. The van der Waals surface area contributed by atoms with E-state index < -0.39 is 31.7 Å². The highest BCUT2D eigenvalue weighted by Crippen LogP contribution is 2.44. The largest absolute Gasteiger partial charge is 0.322 e. The maximum absolute atomic E-state index is 14.0. The number of alkyl halides is 2. The molecule has 0 spiro atoms. The molecule has 1 fully saturated rings. The predicted molar refractivity (Wildman–Crippen MR) is 119 cm³/mol. The molecule has 2 aliphatic rings. The number of nitrogens with one attached hydrogen (secondary N) is 2. The van der Waals surface area contributed by atoms with E-state index in [2.05, 4.69) is 10.7 Å². The number of thioether (sulfide) groups is 1. The first kappa shape index (κ1) is 22.0. The lowest BCUT2D eigenvalue weighted by Gasteiger charge is -2.24. The van der Waals surface area contributed by atoms with Crippen molar-refractivity contribution in [2.24, 2.45) is 0 Å². The van der Waals surface area contributed by atoms with Crippen molar-refractivity contribution < 1.29 is 17.6 Å². The van der Waals surface area contributed by atoms with Crippen LogP contribution in [0.3, 0.4) is 0 Å². The zero-order chi connectivity index (χ0) is 21.6. The minimum absolute atomic E-state index is 0.0259. The molecule has 30 heavy (non-hydrogen) atoms. The van der Waals surface area contributed by atoms with Crippen LogP contribution in [-0.2, 0) is 16.6 Å². The van der Waals surface area contributed by atoms with Gasteiger partial charge in [-0.1, -0.05) is 23.7 Å². The molecule has 1 amide bonds. The van der Waals surface area contributed by atoms with E-state index in [4.69, 9.17) is 34.8 Å². The molecule has 2 aromatic rings. The van der Waals surface area contributed by atoms with Gasteiger partial charge in [0, 0.05) is 12.2 Å². The number of nitrogens with zero attached hydrogens (tertiary/aromatic N) is 1. The van der Waals surface area contributed by atoms with Gasteiger partial charge in [-0.15, -0.1) is 35.0 Å². The fraction of sp³-hybridized carbons (Fsp3) is 0.278. The molecule has 12 heteroatoms. The Kier molecular flexibility index (Phi) is 6.13. The second-order valence-electron chi connectivity index (χ2n) is 6.71. The lowest BCUT2D eigenvalue weighted by Crippen LogP contribution is -2.45. The third kappa shape index (κ3) is 3.99. The van der Waals surface area contributed by atoms with Crippen LogP contribution in [0.2, 0.25) is 5.02 Å². The Bertz CT molecular complexity index is 1100. The fourth-order valence-corrected chi connectivity index (χ4v) is 8.51. The predicted octanol–water partition coefficient (Wildman–Crippen LogP) is 4.52. The Morgan fingerprint density at radius 1 is 1.27 bits per heavy atom. The Balaban J connectivity index is 1.62. The molecular formula is C18H15Cl3FN3O3S2. The molecule has 0 bridgehead atoms. The molecule has 1 saturated heterocycles. The number of halogens is 4. The van der Waals surface area contributed by atoms with Crippen molar-refractivity contribution >= 4 is 73.9 Å². The van der Waals surface area contributed by atoms with Gasteiger partial charge < -0.3 is 5.32 Å². The number of sulfonamides is 1. The molecule has 2 aliphatic heterocycles. The van der Waals surface area contributed by atoms with E-state index >= 15 is 0 Å². The van der Waals surface area contributed by atoms with Crippen LogP contribution >= 0.6 is 46.6 Å². The van der Waals surface area contributed by atoms with E-state index in [1.54, 1.807) is 12.1 Å². The molecule has 2 N–H and O–H groups in total. The second-order valence-corrected chi connectivity index (χ2v) is 12.0. The number of amides is 1. The smallest absolute Gasteiger partial charge is 0.260 e. The summed E-state index contributed by atoms with van der Waals surface area (Å²) < 4.78 is 40.3. The molecule has 0 radical (unpaired) electrons. The summed E-state index contributed by atoms with van der Waals surface area (Å²) in [5.41, 5.74) is 3.93. The molecule has 0 aromatic heterocycles. The third-order valence-electron chi connectivity index (χ3n) is 4.79. The Morgan fingerprint density at radius 2 is 2.03 bits per heavy atom. The van der Waals surface area contributed by atoms with Crippen LogP contribution < -0.4 is 15.2 Å². The number of hydrogen-bond acceptors (Lipinski definition) is 5.